The third-order valence-electron chi connectivity index (χ3n) is 4.78. The number of nitrogens with one attached hydrogen (secondary N) is 1. The van der Waals surface area contributed by atoms with Gasteiger partial charge < -0.3 is 15.1 Å². The summed E-state index contributed by atoms with van der Waals surface area (Å²) in [5.41, 5.74) is 1.02. The molecule has 1 aromatic heterocycles. The van der Waals surface area contributed by atoms with Crippen molar-refractivity contribution in [1.29, 1.82) is 0 Å². The van der Waals surface area contributed by atoms with Crippen molar-refractivity contribution in [3.63, 3.8) is 0 Å². The lowest BCUT2D eigenvalue weighted by Gasteiger charge is -2.35. The minimum Gasteiger partial charge on any atom is -0.368 e. The Morgan fingerprint density at radius 2 is 1.55 bits per heavy atom. The van der Waals surface area contributed by atoms with E-state index in [1.165, 1.54) is 18.5 Å². The first-order valence-electron chi connectivity index (χ1n) is 9.24. The lowest BCUT2D eigenvalue weighted by molar-refractivity contribution is 0.0740. The van der Waals surface area contributed by atoms with E-state index in [0.717, 1.165) is 30.9 Å². The zero-order chi connectivity index (χ0) is 20.2. The number of rotatable bonds is 4. The molecule has 1 aliphatic rings. The highest BCUT2D eigenvalue weighted by Gasteiger charge is 2.23. The SMILES string of the molecule is O=C(c1cnc(Nc2c(F)cccc2F)cn1)N1CCN(c2ccccc2)CC1. The zero-order valence-electron chi connectivity index (χ0n) is 15.6. The molecule has 8 heteroatoms. The van der Waals surface area contributed by atoms with Gasteiger partial charge in [-0.15, -0.1) is 0 Å². The van der Waals surface area contributed by atoms with Gasteiger partial charge in [-0.3, -0.25) is 4.79 Å². The van der Waals surface area contributed by atoms with Crippen LogP contribution in [-0.2, 0) is 0 Å². The lowest BCUT2D eigenvalue weighted by atomic mass is 10.2. The molecule has 0 spiro atoms. The summed E-state index contributed by atoms with van der Waals surface area (Å²) in [4.78, 5) is 24.8. The molecule has 0 atom stereocenters. The van der Waals surface area contributed by atoms with Crippen LogP contribution < -0.4 is 10.2 Å². The number of aromatic nitrogens is 2. The van der Waals surface area contributed by atoms with Crippen molar-refractivity contribution < 1.29 is 13.6 Å². The van der Waals surface area contributed by atoms with E-state index in [4.69, 9.17) is 0 Å². The number of hydrogen-bond donors (Lipinski definition) is 1. The minimum absolute atomic E-state index is 0.152. The lowest BCUT2D eigenvalue weighted by Crippen LogP contribution is -2.49. The van der Waals surface area contributed by atoms with E-state index in [9.17, 15) is 13.6 Å². The minimum atomic E-state index is -0.733. The largest absolute Gasteiger partial charge is 0.368 e. The van der Waals surface area contributed by atoms with Crippen molar-refractivity contribution in [2.24, 2.45) is 0 Å². The van der Waals surface area contributed by atoms with Gasteiger partial charge in [0.25, 0.3) is 5.91 Å². The summed E-state index contributed by atoms with van der Waals surface area (Å²) in [6, 6.07) is 13.6. The Hall–Kier alpha value is -3.55. The third-order valence-corrected chi connectivity index (χ3v) is 4.78. The number of carbonyl (C=O) groups is 1. The van der Waals surface area contributed by atoms with E-state index in [0.29, 0.717) is 13.1 Å². The second-order valence-electron chi connectivity index (χ2n) is 6.62. The molecule has 2 aromatic carbocycles. The van der Waals surface area contributed by atoms with Gasteiger partial charge in [0.05, 0.1) is 12.4 Å². The Labute approximate surface area is 166 Å². The molecular weight excluding hydrogens is 376 g/mol. The molecule has 0 unspecified atom stereocenters. The molecule has 4 rings (SSSR count). The highest BCUT2D eigenvalue weighted by molar-refractivity contribution is 5.92. The smallest absolute Gasteiger partial charge is 0.274 e. The normalized spacial score (nSPS) is 14.0. The Bertz CT molecular complexity index is 969. The van der Waals surface area contributed by atoms with Gasteiger partial charge in [-0.1, -0.05) is 24.3 Å². The maximum Gasteiger partial charge on any atom is 0.274 e. The standard InChI is InChI=1S/C21H19F2N5O/c22-16-7-4-8-17(23)20(16)26-19-14-24-18(13-25-19)21(29)28-11-9-27(10-12-28)15-5-2-1-3-6-15/h1-8,13-14H,9-12H2,(H,25,26). The van der Waals surface area contributed by atoms with Crippen LogP contribution in [0.2, 0.25) is 0 Å². The van der Waals surface area contributed by atoms with Gasteiger partial charge in [0.2, 0.25) is 0 Å². The van der Waals surface area contributed by atoms with Crippen LogP contribution in [0, 0.1) is 11.6 Å². The molecule has 3 aromatic rings. The predicted molar refractivity (Wildman–Crippen MR) is 106 cm³/mol. The van der Waals surface area contributed by atoms with Crippen molar-refractivity contribution in [3.05, 3.63) is 78.3 Å². The fourth-order valence-corrected chi connectivity index (χ4v) is 3.22. The second-order valence-corrected chi connectivity index (χ2v) is 6.62. The highest BCUT2D eigenvalue weighted by Crippen LogP contribution is 2.22. The average Bonchev–Trinajstić information content (AvgIpc) is 2.77. The van der Waals surface area contributed by atoms with Crippen LogP contribution in [0.3, 0.4) is 0 Å². The first-order chi connectivity index (χ1) is 14.1. The molecular formula is C21H19F2N5O. The van der Waals surface area contributed by atoms with Gasteiger partial charge in [0, 0.05) is 31.9 Å². The van der Waals surface area contributed by atoms with E-state index in [2.05, 4.69) is 20.2 Å². The van der Waals surface area contributed by atoms with E-state index < -0.39 is 11.6 Å². The summed E-state index contributed by atoms with van der Waals surface area (Å²) in [6.07, 6.45) is 2.60. The molecule has 29 heavy (non-hydrogen) atoms. The van der Waals surface area contributed by atoms with Crippen LogP contribution in [0.25, 0.3) is 0 Å². The molecule has 148 valence electrons. The number of nitrogens with zero attached hydrogens (tertiary/aromatic N) is 4. The highest BCUT2D eigenvalue weighted by atomic mass is 19.1. The summed E-state index contributed by atoms with van der Waals surface area (Å²) in [7, 11) is 0. The Balaban J connectivity index is 1.39. The molecule has 1 saturated heterocycles. The number of benzene rings is 2. The number of amides is 1. The van der Waals surface area contributed by atoms with Crippen molar-refractivity contribution in [1.82, 2.24) is 14.9 Å². The second kappa shape index (κ2) is 8.22. The first-order valence-corrected chi connectivity index (χ1v) is 9.24. The van der Waals surface area contributed by atoms with Gasteiger partial charge in [-0.25, -0.2) is 18.7 Å². The molecule has 1 amide bonds. The molecule has 1 aliphatic heterocycles. The van der Waals surface area contributed by atoms with Gasteiger partial charge in [0.15, 0.2) is 0 Å². The molecule has 1 fully saturated rings. The number of anilines is 3. The molecule has 2 heterocycles. The van der Waals surface area contributed by atoms with Crippen LogP contribution in [0.1, 0.15) is 10.5 Å². The predicted octanol–water partition coefficient (Wildman–Crippen LogP) is 3.46. The average molecular weight is 395 g/mol. The Morgan fingerprint density at radius 1 is 0.862 bits per heavy atom. The van der Waals surface area contributed by atoms with Crippen molar-refractivity contribution in [2.75, 3.05) is 36.4 Å². The Kier molecular flexibility index (Phi) is 5.33. The summed E-state index contributed by atoms with van der Waals surface area (Å²) >= 11 is 0. The molecule has 1 N–H and O–H groups in total. The maximum absolute atomic E-state index is 13.7. The molecule has 0 saturated carbocycles. The van der Waals surface area contributed by atoms with Crippen molar-refractivity contribution in [3.8, 4) is 0 Å². The zero-order valence-corrected chi connectivity index (χ0v) is 15.6. The van der Waals surface area contributed by atoms with Gasteiger partial charge in [-0.2, -0.15) is 0 Å². The molecule has 0 aliphatic carbocycles. The quantitative estimate of drug-likeness (QED) is 0.733. The fourth-order valence-electron chi connectivity index (χ4n) is 3.22. The summed E-state index contributed by atoms with van der Waals surface area (Å²) in [5, 5.41) is 2.55. The van der Waals surface area contributed by atoms with Gasteiger partial charge in [-0.05, 0) is 24.3 Å². The van der Waals surface area contributed by atoms with E-state index >= 15 is 0 Å². The Morgan fingerprint density at radius 3 is 2.17 bits per heavy atom. The molecule has 0 radical (unpaired) electrons. The molecule has 0 bridgehead atoms. The maximum atomic E-state index is 13.7. The topological polar surface area (TPSA) is 61.4 Å². The number of hydrogen-bond acceptors (Lipinski definition) is 5. The van der Waals surface area contributed by atoms with E-state index in [1.807, 2.05) is 30.3 Å². The van der Waals surface area contributed by atoms with Crippen molar-refractivity contribution in [2.45, 2.75) is 0 Å². The third kappa shape index (κ3) is 4.16. The summed E-state index contributed by atoms with van der Waals surface area (Å²) in [6.45, 7) is 2.62. The number of piperazine rings is 1. The van der Waals surface area contributed by atoms with Crippen LogP contribution >= 0.6 is 0 Å². The summed E-state index contributed by atoms with van der Waals surface area (Å²) in [5.74, 6) is -1.53. The van der Waals surface area contributed by atoms with Crippen LogP contribution in [0.4, 0.5) is 26.0 Å². The number of carbonyl (C=O) groups excluding carboxylic acids is 1. The monoisotopic (exact) mass is 395 g/mol. The molecule has 6 nitrogen and oxygen atoms in total. The van der Waals surface area contributed by atoms with Gasteiger partial charge >= 0.3 is 0 Å². The van der Waals surface area contributed by atoms with Crippen molar-refractivity contribution >= 4 is 23.1 Å². The van der Waals surface area contributed by atoms with Crippen LogP contribution in [0.5, 0.6) is 0 Å². The summed E-state index contributed by atoms with van der Waals surface area (Å²) < 4.78 is 27.5. The van der Waals surface area contributed by atoms with Gasteiger partial charge in [0.1, 0.15) is 28.8 Å². The first kappa shape index (κ1) is 18.8. The van der Waals surface area contributed by atoms with Crippen LogP contribution in [-0.4, -0.2) is 47.0 Å². The number of halogens is 2. The number of para-hydroxylation sites is 2. The van der Waals surface area contributed by atoms with Crippen LogP contribution in [0.15, 0.2) is 60.9 Å². The fraction of sp³-hybridized carbons (Fsp3) is 0.190. The van der Waals surface area contributed by atoms with E-state index in [1.54, 1.807) is 4.90 Å². The van der Waals surface area contributed by atoms with E-state index in [-0.39, 0.29) is 23.1 Å².